The predicted molar refractivity (Wildman–Crippen MR) is 84.5 cm³/mol. The van der Waals surface area contributed by atoms with Crippen molar-refractivity contribution in [3.05, 3.63) is 23.9 Å². The maximum atomic E-state index is 12.0. The van der Waals surface area contributed by atoms with E-state index in [-0.39, 0.29) is 11.8 Å². The van der Waals surface area contributed by atoms with Crippen LogP contribution in [0.25, 0.3) is 10.9 Å². The van der Waals surface area contributed by atoms with Crippen molar-refractivity contribution in [3.8, 4) is 0 Å². The highest BCUT2D eigenvalue weighted by molar-refractivity contribution is 6.01. The molecule has 0 spiro atoms. The van der Waals surface area contributed by atoms with Gasteiger partial charge in [0.2, 0.25) is 5.91 Å². The molecule has 0 aromatic carbocycles. The van der Waals surface area contributed by atoms with E-state index in [1.807, 2.05) is 13.0 Å². The Hall–Kier alpha value is -2.17. The molecule has 2 aromatic heterocycles. The van der Waals surface area contributed by atoms with E-state index in [4.69, 9.17) is 0 Å². The number of fused-ring (bicyclic) bond motifs is 3. The van der Waals surface area contributed by atoms with Crippen molar-refractivity contribution in [1.29, 1.82) is 0 Å². The van der Waals surface area contributed by atoms with Gasteiger partial charge in [-0.1, -0.05) is 19.9 Å². The molecule has 2 aromatic rings. The molecule has 5 nitrogen and oxygen atoms in total. The lowest BCUT2D eigenvalue weighted by Crippen LogP contribution is -2.27. The zero-order valence-corrected chi connectivity index (χ0v) is 12.6. The highest BCUT2D eigenvalue weighted by atomic mass is 16.1. The van der Waals surface area contributed by atoms with E-state index in [1.165, 1.54) is 0 Å². The van der Waals surface area contributed by atoms with Crippen LogP contribution in [0.15, 0.2) is 18.3 Å². The summed E-state index contributed by atoms with van der Waals surface area (Å²) in [5.41, 5.74) is 1.99. The van der Waals surface area contributed by atoms with Gasteiger partial charge in [-0.3, -0.25) is 9.78 Å². The van der Waals surface area contributed by atoms with E-state index < -0.39 is 0 Å². The highest BCUT2D eigenvalue weighted by Gasteiger charge is 2.31. The van der Waals surface area contributed by atoms with Crippen molar-refractivity contribution in [2.24, 2.45) is 5.92 Å². The molecule has 0 saturated heterocycles. The summed E-state index contributed by atoms with van der Waals surface area (Å²) in [7, 11) is 0. The third kappa shape index (κ3) is 2.33. The van der Waals surface area contributed by atoms with Gasteiger partial charge in [0, 0.05) is 30.1 Å². The topological polar surface area (TPSA) is 66.9 Å². The Kier molecular flexibility index (Phi) is 3.49. The summed E-state index contributed by atoms with van der Waals surface area (Å²) in [4.78, 5) is 21.1. The number of nitrogens with zero attached hydrogens (tertiary/aromatic N) is 2. The molecule has 2 N–H and O–H groups in total. The molecular formula is C16H20N4O. The van der Waals surface area contributed by atoms with Crippen LogP contribution in [0, 0.1) is 5.92 Å². The molecular weight excluding hydrogens is 264 g/mol. The fourth-order valence-electron chi connectivity index (χ4n) is 2.98. The van der Waals surface area contributed by atoms with Gasteiger partial charge in [0.1, 0.15) is 11.3 Å². The minimum Gasteiger partial charge on any atom is -0.368 e. The maximum absolute atomic E-state index is 12.0. The fraction of sp³-hybridized carbons (Fsp3) is 0.438. The fourth-order valence-corrected chi connectivity index (χ4v) is 2.98. The van der Waals surface area contributed by atoms with Crippen LogP contribution >= 0.6 is 0 Å². The monoisotopic (exact) mass is 284 g/mol. The summed E-state index contributed by atoms with van der Waals surface area (Å²) >= 11 is 0. The van der Waals surface area contributed by atoms with Crippen LogP contribution < -0.4 is 10.6 Å². The van der Waals surface area contributed by atoms with E-state index in [9.17, 15) is 4.79 Å². The quantitative estimate of drug-likeness (QED) is 0.908. The average molecular weight is 284 g/mol. The normalized spacial score (nSPS) is 17.7. The highest BCUT2D eigenvalue weighted by Crippen LogP contribution is 2.41. The molecule has 0 saturated carbocycles. The van der Waals surface area contributed by atoms with Gasteiger partial charge in [0.05, 0.1) is 0 Å². The van der Waals surface area contributed by atoms with Crippen LogP contribution in [0.2, 0.25) is 0 Å². The number of pyridine rings is 2. The third-order valence-electron chi connectivity index (χ3n) is 3.98. The van der Waals surface area contributed by atoms with Crippen LogP contribution in [-0.4, -0.2) is 22.4 Å². The van der Waals surface area contributed by atoms with Gasteiger partial charge in [-0.2, -0.15) is 0 Å². The summed E-state index contributed by atoms with van der Waals surface area (Å²) in [5.74, 6) is 2.02. The SMILES string of the molecule is CCNc1nc2c(c3cccnc13)C(C(C)C)CC(=O)N2. The largest absolute Gasteiger partial charge is 0.368 e. The standard InChI is InChI=1S/C16H20N4O/c1-4-17-16-14-10(6-5-7-18-14)13-11(9(2)3)8-12(21)19-15(13)20-16/h5-7,9,11H,4,8H2,1-3H3,(H2,17,19,20,21). The molecule has 0 radical (unpaired) electrons. The van der Waals surface area contributed by atoms with E-state index in [0.29, 0.717) is 18.2 Å². The molecule has 110 valence electrons. The van der Waals surface area contributed by atoms with E-state index in [1.54, 1.807) is 6.20 Å². The second-order valence-electron chi connectivity index (χ2n) is 5.76. The molecule has 5 heteroatoms. The molecule has 0 bridgehead atoms. The minimum absolute atomic E-state index is 0.0411. The van der Waals surface area contributed by atoms with Crippen molar-refractivity contribution < 1.29 is 4.79 Å². The molecule has 1 aliphatic heterocycles. The molecule has 3 heterocycles. The van der Waals surface area contributed by atoms with Crippen LogP contribution in [-0.2, 0) is 4.79 Å². The molecule has 21 heavy (non-hydrogen) atoms. The predicted octanol–water partition coefficient (Wildman–Crippen LogP) is 3.14. The van der Waals surface area contributed by atoms with Crippen molar-refractivity contribution in [2.75, 3.05) is 17.2 Å². The Balaban J connectivity index is 2.29. The number of hydrogen-bond donors (Lipinski definition) is 2. The first kappa shape index (κ1) is 13.8. The van der Waals surface area contributed by atoms with E-state index >= 15 is 0 Å². The Morgan fingerprint density at radius 1 is 1.48 bits per heavy atom. The second kappa shape index (κ2) is 5.31. The van der Waals surface area contributed by atoms with Gasteiger partial charge < -0.3 is 10.6 Å². The van der Waals surface area contributed by atoms with E-state index in [2.05, 4.69) is 40.5 Å². The Morgan fingerprint density at radius 2 is 2.29 bits per heavy atom. The zero-order valence-electron chi connectivity index (χ0n) is 12.6. The number of hydrogen-bond acceptors (Lipinski definition) is 4. The lowest BCUT2D eigenvalue weighted by atomic mass is 9.82. The molecule has 0 fully saturated rings. The number of nitrogens with one attached hydrogen (secondary N) is 2. The number of carbonyl (C=O) groups excluding carboxylic acids is 1. The summed E-state index contributed by atoms with van der Waals surface area (Å²) < 4.78 is 0. The molecule has 1 atom stereocenters. The van der Waals surface area contributed by atoms with Crippen LogP contribution in [0.5, 0.6) is 0 Å². The third-order valence-corrected chi connectivity index (χ3v) is 3.98. The molecule has 1 aliphatic rings. The Labute approximate surface area is 124 Å². The van der Waals surface area contributed by atoms with Crippen LogP contribution in [0.3, 0.4) is 0 Å². The van der Waals surface area contributed by atoms with Crippen molar-refractivity contribution in [2.45, 2.75) is 33.1 Å². The molecule has 0 aliphatic carbocycles. The second-order valence-corrected chi connectivity index (χ2v) is 5.76. The summed E-state index contributed by atoms with van der Waals surface area (Å²) in [5, 5.41) is 7.23. The van der Waals surface area contributed by atoms with E-state index in [0.717, 1.165) is 28.8 Å². The first-order valence-corrected chi connectivity index (χ1v) is 7.44. The van der Waals surface area contributed by atoms with Crippen LogP contribution in [0.1, 0.15) is 38.7 Å². The van der Waals surface area contributed by atoms with Gasteiger partial charge in [0.25, 0.3) is 0 Å². The minimum atomic E-state index is 0.0411. The number of carbonyl (C=O) groups is 1. The molecule has 1 unspecified atom stereocenters. The Bertz CT molecular complexity index is 696. The number of anilines is 2. The first-order chi connectivity index (χ1) is 10.1. The van der Waals surface area contributed by atoms with Gasteiger partial charge >= 0.3 is 0 Å². The number of rotatable bonds is 3. The Morgan fingerprint density at radius 3 is 3.00 bits per heavy atom. The lowest BCUT2D eigenvalue weighted by molar-refractivity contribution is -0.117. The van der Waals surface area contributed by atoms with Gasteiger partial charge in [-0.25, -0.2) is 4.98 Å². The van der Waals surface area contributed by atoms with Crippen molar-refractivity contribution in [1.82, 2.24) is 9.97 Å². The van der Waals surface area contributed by atoms with Gasteiger partial charge in [0.15, 0.2) is 5.82 Å². The zero-order chi connectivity index (χ0) is 15.0. The molecule has 1 amide bonds. The van der Waals surface area contributed by atoms with Crippen molar-refractivity contribution in [3.63, 3.8) is 0 Å². The first-order valence-electron chi connectivity index (χ1n) is 7.44. The lowest BCUT2D eigenvalue weighted by Gasteiger charge is -2.29. The summed E-state index contributed by atoms with van der Waals surface area (Å²) in [6.07, 6.45) is 2.29. The number of amides is 1. The number of aromatic nitrogens is 2. The van der Waals surface area contributed by atoms with Crippen molar-refractivity contribution >= 4 is 28.4 Å². The van der Waals surface area contributed by atoms with Crippen LogP contribution in [0.4, 0.5) is 11.6 Å². The van der Waals surface area contributed by atoms with Gasteiger partial charge in [-0.05, 0) is 24.8 Å². The summed E-state index contributed by atoms with van der Waals surface area (Å²) in [6, 6.07) is 4.00. The maximum Gasteiger partial charge on any atom is 0.226 e. The summed E-state index contributed by atoms with van der Waals surface area (Å²) in [6.45, 7) is 7.07. The van der Waals surface area contributed by atoms with Gasteiger partial charge in [-0.15, -0.1) is 0 Å². The molecule has 3 rings (SSSR count). The average Bonchev–Trinajstić information content (AvgIpc) is 2.46. The smallest absolute Gasteiger partial charge is 0.226 e.